The second-order valence-corrected chi connectivity index (χ2v) is 8.96. The van der Waals surface area contributed by atoms with Crippen molar-refractivity contribution in [2.45, 2.75) is 24.9 Å². The number of halogens is 4. The van der Waals surface area contributed by atoms with Gasteiger partial charge in [-0.3, -0.25) is 24.1 Å². The number of alkyl halides is 3. The maximum Gasteiger partial charge on any atom is 0.416 e. The summed E-state index contributed by atoms with van der Waals surface area (Å²) in [4.78, 5) is 53.5. The minimum atomic E-state index is -4.76. The maximum atomic E-state index is 13.9. The van der Waals surface area contributed by atoms with Crippen LogP contribution in [0.25, 0.3) is 0 Å². The van der Waals surface area contributed by atoms with Gasteiger partial charge in [0.15, 0.2) is 0 Å². The highest BCUT2D eigenvalue weighted by Crippen LogP contribution is 2.51. The van der Waals surface area contributed by atoms with Crippen LogP contribution in [0.4, 0.5) is 17.6 Å². The number of rotatable bonds is 4. The van der Waals surface area contributed by atoms with Crippen LogP contribution in [-0.4, -0.2) is 60.1 Å². The number of likely N-dealkylation sites (N-methyl/N-ethyl adjacent to an activating group) is 1. The zero-order chi connectivity index (χ0) is 26.3. The molecule has 190 valence electrons. The molecule has 4 amide bonds. The summed E-state index contributed by atoms with van der Waals surface area (Å²) in [5.41, 5.74) is -2.28. The first-order valence-corrected chi connectivity index (χ1v) is 11.3. The molecular weight excluding hydrogens is 482 g/mol. The third-order valence-electron chi connectivity index (χ3n) is 6.94. The Bertz CT molecular complexity index is 1210. The van der Waals surface area contributed by atoms with E-state index in [1.165, 1.54) is 11.9 Å². The molecule has 1 atom stereocenters. The Morgan fingerprint density at radius 2 is 1.69 bits per heavy atom. The van der Waals surface area contributed by atoms with Gasteiger partial charge in [-0.25, -0.2) is 4.39 Å². The van der Waals surface area contributed by atoms with Crippen molar-refractivity contribution < 1.29 is 36.7 Å². The van der Waals surface area contributed by atoms with E-state index in [2.05, 4.69) is 5.32 Å². The van der Waals surface area contributed by atoms with Gasteiger partial charge in [0, 0.05) is 20.1 Å². The Labute approximate surface area is 204 Å². The van der Waals surface area contributed by atoms with Gasteiger partial charge >= 0.3 is 6.18 Å². The fraction of sp³-hybridized carbons (Fsp3) is 0.360. The summed E-state index contributed by atoms with van der Waals surface area (Å²) in [6.45, 7) is -0.276. The van der Waals surface area contributed by atoms with Crippen LogP contribution in [0.15, 0.2) is 48.5 Å². The van der Waals surface area contributed by atoms with Crippen LogP contribution in [0.2, 0.25) is 0 Å². The van der Waals surface area contributed by atoms with Crippen molar-refractivity contribution in [1.29, 1.82) is 0 Å². The first kappa shape index (κ1) is 25.3. The fourth-order valence-electron chi connectivity index (χ4n) is 4.99. The van der Waals surface area contributed by atoms with Gasteiger partial charge < -0.3 is 10.2 Å². The van der Waals surface area contributed by atoms with Crippen LogP contribution in [-0.2, 0) is 20.6 Å². The zero-order valence-electron chi connectivity index (χ0n) is 19.3. The second-order valence-electron chi connectivity index (χ2n) is 8.96. The molecule has 2 saturated heterocycles. The second kappa shape index (κ2) is 9.36. The van der Waals surface area contributed by atoms with E-state index in [0.29, 0.717) is 18.2 Å². The summed E-state index contributed by atoms with van der Waals surface area (Å²) in [5.74, 6) is -4.11. The monoisotopic (exact) mass is 505 g/mol. The van der Waals surface area contributed by atoms with Gasteiger partial charge in [-0.1, -0.05) is 30.3 Å². The Morgan fingerprint density at radius 1 is 1.06 bits per heavy atom. The Morgan fingerprint density at radius 3 is 2.31 bits per heavy atom. The van der Waals surface area contributed by atoms with Crippen LogP contribution in [0.1, 0.15) is 40.2 Å². The number of piperidine rings is 1. The summed E-state index contributed by atoms with van der Waals surface area (Å²) in [6, 6.07) is 10.4. The van der Waals surface area contributed by atoms with Gasteiger partial charge in [0.25, 0.3) is 5.91 Å². The Hall–Kier alpha value is -3.76. The highest BCUT2D eigenvalue weighted by atomic mass is 19.4. The molecule has 2 aromatic rings. The molecule has 2 aromatic carbocycles. The van der Waals surface area contributed by atoms with Crippen molar-refractivity contribution in [3.8, 4) is 0 Å². The average molecular weight is 505 g/mol. The SMILES string of the molecule is CN1C(=O)C(c2ccccc2)C2(CCN(C(=O)CNC(=O)c3cc(C(F)(F)F)ccc3F)CC2)C1=O. The van der Waals surface area contributed by atoms with E-state index in [-0.39, 0.29) is 37.7 Å². The number of carbonyl (C=O) groups excluding carboxylic acids is 4. The number of imide groups is 1. The van der Waals surface area contributed by atoms with E-state index in [1.54, 1.807) is 24.3 Å². The summed E-state index contributed by atoms with van der Waals surface area (Å²) in [7, 11) is 1.44. The van der Waals surface area contributed by atoms with Gasteiger partial charge in [0.1, 0.15) is 5.82 Å². The lowest BCUT2D eigenvalue weighted by atomic mass is 9.67. The first-order chi connectivity index (χ1) is 17.0. The lowest BCUT2D eigenvalue weighted by molar-refractivity contribution is -0.143. The predicted octanol–water partition coefficient (Wildman–Crippen LogP) is 2.97. The average Bonchev–Trinajstić information content (AvgIpc) is 3.03. The molecule has 0 aliphatic carbocycles. The van der Waals surface area contributed by atoms with Crippen molar-refractivity contribution in [3.05, 3.63) is 71.0 Å². The van der Waals surface area contributed by atoms with E-state index in [1.807, 2.05) is 6.07 Å². The topological polar surface area (TPSA) is 86.8 Å². The Balaban J connectivity index is 1.42. The fourth-order valence-corrected chi connectivity index (χ4v) is 4.99. The molecule has 2 heterocycles. The van der Waals surface area contributed by atoms with Crippen LogP contribution >= 0.6 is 0 Å². The lowest BCUT2D eigenvalue weighted by Gasteiger charge is -2.40. The molecule has 4 rings (SSSR count). The molecular formula is C25H23F4N3O4. The molecule has 0 bridgehead atoms. The molecule has 2 aliphatic heterocycles. The quantitative estimate of drug-likeness (QED) is 0.512. The Kier molecular flexibility index (Phi) is 6.59. The van der Waals surface area contributed by atoms with Crippen LogP contribution < -0.4 is 5.32 Å². The van der Waals surface area contributed by atoms with E-state index in [4.69, 9.17) is 0 Å². The van der Waals surface area contributed by atoms with Crippen LogP contribution in [0.5, 0.6) is 0 Å². The van der Waals surface area contributed by atoms with Crippen LogP contribution in [0.3, 0.4) is 0 Å². The van der Waals surface area contributed by atoms with E-state index < -0.39 is 52.8 Å². The minimum Gasteiger partial charge on any atom is -0.343 e. The van der Waals surface area contributed by atoms with E-state index >= 15 is 0 Å². The van der Waals surface area contributed by atoms with Crippen LogP contribution in [0, 0.1) is 11.2 Å². The first-order valence-electron chi connectivity index (χ1n) is 11.3. The number of hydrogen-bond donors (Lipinski definition) is 1. The summed E-state index contributed by atoms with van der Waals surface area (Å²) >= 11 is 0. The third kappa shape index (κ3) is 4.45. The molecule has 7 nitrogen and oxygen atoms in total. The number of carbonyl (C=O) groups is 4. The molecule has 2 fully saturated rings. The highest BCUT2D eigenvalue weighted by molar-refractivity contribution is 6.10. The van der Waals surface area contributed by atoms with E-state index in [9.17, 15) is 36.7 Å². The van der Waals surface area contributed by atoms with Crippen molar-refractivity contribution in [2.75, 3.05) is 26.7 Å². The molecule has 11 heteroatoms. The molecule has 2 aliphatic rings. The minimum absolute atomic E-state index is 0.142. The molecule has 0 radical (unpaired) electrons. The molecule has 0 aromatic heterocycles. The van der Waals surface area contributed by atoms with Crippen molar-refractivity contribution >= 4 is 23.6 Å². The molecule has 1 unspecified atom stereocenters. The summed E-state index contributed by atoms with van der Waals surface area (Å²) in [5, 5.41) is 2.17. The summed E-state index contributed by atoms with van der Waals surface area (Å²) < 4.78 is 52.6. The van der Waals surface area contributed by atoms with Gasteiger partial charge in [-0.05, 0) is 36.6 Å². The molecule has 0 saturated carbocycles. The maximum absolute atomic E-state index is 13.9. The predicted molar refractivity (Wildman–Crippen MR) is 119 cm³/mol. The number of benzene rings is 2. The smallest absolute Gasteiger partial charge is 0.343 e. The largest absolute Gasteiger partial charge is 0.416 e. The molecule has 1 spiro atoms. The molecule has 36 heavy (non-hydrogen) atoms. The lowest BCUT2D eigenvalue weighted by Crippen LogP contribution is -2.50. The summed E-state index contributed by atoms with van der Waals surface area (Å²) in [6.07, 6.45) is -4.31. The normalized spacial score (nSPS) is 19.6. The highest BCUT2D eigenvalue weighted by Gasteiger charge is 2.59. The standard InChI is InChI=1S/C25H23F4N3O4/c1-31-22(35)20(15-5-3-2-4-6-15)24(23(31)36)9-11-32(12-10-24)19(33)14-30-21(34)17-13-16(25(27,28)29)7-8-18(17)26/h2-8,13,20H,9-12,14H2,1H3,(H,30,34). The van der Waals surface area contributed by atoms with Gasteiger partial charge in [0.05, 0.1) is 29.0 Å². The van der Waals surface area contributed by atoms with Crippen molar-refractivity contribution in [3.63, 3.8) is 0 Å². The molecule has 1 N–H and O–H groups in total. The number of hydrogen-bond acceptors (Lipinski definition) is 4. The third-order valence-corrected chi connectivity index (χ3v) is 6.94. The van der Waals surface area contributed by atoms with Crippen molar-refractivity contribution in [1.82, 2.24) is 15.1 Å². The zero-order valence-corrected chi connectivity index (χ0v) is 19.3. The number of amides is 4. The van der Waals surface area contributed by atoms with Gasteiger partial charge in [-0.15, -0.1) is 0 Å². The van der Waals surface area contributed by atoms with Gasteiger partial charge in [-0.2, -0.15) is 13.2 Å². The number of nitrogens with zero attached hydrogens (tertiary/aromatic N) is 2. The van der Waals surface area contributed by atoms with Gasteiger partial charge in [0.2, 0.25) is 17.7 Å². The number of nitrogens with one attached hydrogen (secondary N) is 1. The van der Waals surface area contributed by atoms with Crippen molar-refractivity contribution in [2.24, 2.45) is 5.41 Å². The van der Waals surface area contributed by atoms with E-state index in [0.717, 1.165) is 10.5 Å². The number of likely N-dealkylation sites (tertiary alicyclic amines) is 2.